The molecule has 0 aromatic heterocycles. The summed E-state index contributed by atoms with van der Waals surface area (Å²) in [5.41, 5.74) is 0.872. The number of nitrogens with one attached hydrogen (secondary N) is 1. The van der Waals surface area contributed by atoms with Crippen LogP contribution in [0.1, 0.15) is 6.42 Å². The summed E-state index contributed by atoms with van der Waals surface area (Å²) in [6, 6.07) is 13.3. The summed E-state index contributed by atoms with van der Waals surface area (Å²) in [6.45, 7) is 0.287. The van der Waals surface area contributed by atoms with Crippen LogP contribution in [0.15, 0.2) is 53.0 Å². The lowest BCUT2D eigenvalue weighted by Crippen LogP contribution is -2.28. The average molecular weight is 377 g/mol. The second kappa shape index (κ2) is 6.50. The maximum atomic E-state index is 13.6. The smallest absolute Gasteiger partial charge is 0.229 e. The van der Waals surface area contributed by atoms with E-state index in [0.717, 1.165) is 10.2 Å². The number of hydrogen-bond donors (Lipinski definition) is 1. The molecule has 23 heavy (non-hydrogen) atoms. The minimum Gasteiger partial charge on any atom is -0.323 e. The molecule has 0 bridgehead atoms. The zero-order valence-corrected chi connectivity index (χ0v) is 13.7. The Balaban J connectivity index is 1.72. The fourth-order valence-electron chi connectivity index (χ4n) is 2.57. The Kier molecular flexibility index (Phi) is 4.43. The molecule has 3 rings (SSSR count). The minimum absolute atomic E-state index is 0.114. The third-order valence-electron chi connectivity index (χ3n) is 3.75. The number of benzene rings is 2. The summed E-state index contributed by atoms with van der Waals surface area (Å²) in [7, 11) is 0. The van der Waals surface area contributed by atoms with Gasteiger partial charge < -0.3 is 10.2 Å². The molecule has 1 saturated heterocycles. The number of para-hydroxylation sites is 1. The van der Waals surface area contributed by atoms with E-state index in [2.05, 4.69) is 21.2 Å². The minimum atomic E-state index is -0.499. The highest BCUT2D eigenvalue weighted by Crippen LogP contribution is 2.28. The van der Waals surface area contributed by atoms with Gasteiger partial charge in [0.15, 0.2) is 0 Å². The molecule has 6 heteroatoms. The molecule has 1 aliphatic rings. The van der Waals surface area contributed by atoms with E-state index in [4.69, 9.17) is 0 Å². The van der Waals surface area contributed by atoms with Crippen LogP contribution < -0.4 is 10.2 Å². The predicted octanol–water partition coefficient (Wildman–Crippen LogP) is 3.58. The van der Waals surface area contributed by atoms with Crippen LogP contribution in [0.5, 0.6) is 0 Å². The van der Waals surface area contributed by atoms with Gasteiger partial charge in [0.25, 0.3) is 0 Å². The lowest BCUT2D eigenvalue weighted by molar-refractivity contribution is -0.122. The molecule has 4 nitrogen and oxygen atoms in total. The van der Waals surface area contributed by atoms with E-state index in [-0.39, 0.29) is 30.5 Å². The standard InChI is InChI=1S/C17H14BrFN2O2/c18-12-4-3-5-13(9-12)21-10-11(8-16(21)22)17(23)20-15-7-2-1-6-14(15)19/h1-7,9,11H,8,10H2,(H,20,23). The third kappa shape index (κ3) is 3.42. The Hall–Kier alpha value is -2.21. The quantitative estimate of drug-likeness (QED) is 0.889. The van der Waals surface area contributed by atoms with Gasteiger partial charge in [0, 0.05) is 23.1 Å². The van der Waals surface area contributed by atoms with Gasteiger partial charge in [-0.05, 0) is 30.3 Å². The van der Waals surface area contributed by atoms with Crippen molar-refractivity contribution in [3.63, 3.8) is 0 Å². The maximum absolute atomic E-state index is 13.6. The molecule has 1 unspecified atom stereocenters. The fourth-order valence-corrected chi connectivity index (χ4v) is 2.96. The van der Waals surface area contributed by atoms with E-state index in [1.165, 1.54) is 12.1 Å². The first-order valence-corrected chi connectivity index (χ1v) is 7.95. The molecule has 0 aliphatic carbocycles. The third-order valence-corrected chi connectivity index (χ3v) is 4.24. The molecule has 1 atom stereocenters. The van der Waals surface area contributed by atoms with Crippen molar-refractivity contribution in [1.82, 2.24) is 0 Å². The van der Waals surface area contributed by atoms with Gasteiger partial charge in [0.2, 0.25) is 11.8 Å². The number of carbonyl (C=O) groups excluding carboxylic acids is 2. The number of rotatable bonds is 3. The van der Waals surface area contributed by atoms with Crippen LogP contribution in [0.3, 0.4) is 0 Å². The first-order valence-electron chi connectivity index (χ1n) is 7.16. The summed E-state index contributed by atoms with van der Waals surface area (Å²) < 4.78 is 14.5. The van der Waals surface area contributed by atoms with E-state index in [9.17, 15) is 14.0 Å². The highest BCUT2D eigenvalue weighted by atomic mass is 79.9. The molecule has 2 amide bonds. The van der Waals surface area contributed by atoms with Crippen LogP contribution in [0.25, 0.3) is 0 Å². The molecular weight excluding hydrogens is 363 g/mol. The number of hydrogen-bond acceptors (Lipinski definition) is 2. The van der Waals surface area contributed by atoms with Gasteiger partial charge >= 0.3 is 0 Å². The molecule has 1 fully saturated rings. The lowest BCUT2D eigenvalue weighted by atomic mass is 10.1. The van der Waals surface area contributed by atoms with Gasteiger partial charge in [-0.25, -0.2) is 4.39 Å². The van der Waals surface area contributed by atoms with Crippen molar-refractivity contribution in [3.8, 4) is 0 Å². The van der Waals surface area contributed by atoms with Crippen molar-refractivity contribution < 1.29 is 14.0 Å². The Morgan fingerprint density at radius 1 is 1.22 bits per heavy atom. The molecule has 1 N–H and O–H groups in total. The van der Waals surface area contributed by atoms with E-state index < -0.39 is 11.7 Å². The number of carbonyl (C=O) groups is 2. The van der Waals surface area contributed by atoms with Gasteiger partial charge in [0.1, 0.15) is 5.82 Å². The molecule has 0 radical (unpaired) electrons. The summed E-state index contributed by atoms with van der Waals surface area (Å²) >= 11 is 3.37. The molecule has 0 spiro atoms. The van der Waals surface area contributed by atoms with Crippen LogP contribution in [0.4, 0.5) is 15.8 Å². The van der Waals surface area contributed by atoms with Crippen LogP contribution in [-0.2, 0) is 9.59 Å². The summed E-state index contributed by atoms with van der Waals surface area (Å²) in [5.74, 6) is -1.45. The topological polar surface area (TPSA) is 49.4 Å². The second-order valence-corrected chi connectivity index (χ2v) is 6.27. The van der Waals surface area contributed by atoms with E-state index in [1.54, 1.807) is 17.0 Å². The largest absolute Gasteiger partial charge is 0.323 e. The average Bonchev–Trinajstić information content (AvgIpc) is 2.92. The highest BCUT2D eigenvalue weighted by Gasteiger charge is 2.35. The number of amides is 2. The van der Waals surface area contributed by atoms with Crippen molar-refractivity contribution in [2.75, 3.05) is 16.8 Å². The van der Waals surface area contributed by atoms with Gasteiger partial charge in [-0.15, -0.1) is 0 Å². The maximum Gasteiger partial charge on any atom is 0.229 e. The first-order chi connectivity index (χ1) is 11.0. The highest BCUT2D eigenvalue weighted by molar-refractivity contribution is 9.10. The van der Waals surface area contributed by atoms with Crippen molar-refractivity contribution in [3.05, 3.63) is 58.8 Å². The summed E-state index contributed by atoms with van der Waals surface area (Å²) in [5, 5.41) is 2.55. The lowest BCUT2D eigenvalue weighted by Gasteiger charge is -2.17. The Morgan fingerprint density at radius 3 is 2.74 bits per heavy atom. The second-order valence-electron chi connectivity index (χ2n) is 5.35. The van der Waals surface area contributed by atoms with Gasteiger partial charge in [-0.1, -0.05) is 34.1 Å². The van der Waals surface area contributed by atoms with Crippen LogP contribution in [0, 0.1) is 11.7 Å². The predicted molar refractivity (Wildman–Crippen MR) is 89.6 cm³/mol. The molecule has 1 aliphatic heterocycles. The van der Waals surface area contributed by atoms with E-state index >= 15 is 0 Å². The Morgan fingerprint density at radius 2 is 2.00 bits per heavy atom. The zero-order chi connectivity index (χ0) is 16.4. The van der Waals surface area contributed by atoms with E-state index in [1.807, 2.05) is 24.3 Å². The van der Waals surface area contributed by atoms with Gasteiger partial charge in [-0.3, -0.25) is 9.59 Å². The van der Waals surface area contributed by atoms with Crippen LogP contribution in [-0.4, -0.2) is 18.4 Å². The Bertz CT molecular complexity index is 766. The van der Waals surface area contributed by atoms with Gasteiger partial charge in [-0.2, -0.15) is 0 Å². The van der Waals surface area contributed by atoms with Crippen molar-refractivity contribution >= 4 is 39.1 Å². The molecule has 1 heterocycles. The van der Waals surface area contributed by atoms with Crippen LogP contribution in [0.2, 0.25) is 0 Å². The monoisotopic (exact) mass is 376 g/mol. The summed E-state index contributed by atoms with van der Waals surface area (Å²) in [4.78, 5) is 26.0. The molecule has 0 saturated carbocycles. The summed E-state index contributed by atoms with van der Waals surface area (Å²) in [6.07, 6.45) is 0.118. The van der Waals surface area contributed by atoms with Gasteiger partial charge in [0.05, 0.1) is 11.6 Å². The number of anilines is 2. The normalized spacial score (nSPS) is 17.4. The first kappa shape index (κ1) is 15.7. The molecule has 118 valence electrons. The zero-order valence-electron chi connectivity index (χ0n) is 12.1. The van der Waals surface area contributed by atoms with Crippen molar-refractivity contribution in [2.45, 2.75) is 6.42 Å². The Labute approximate surface area is 141 Å². The van der Waals surface area contributed by atoms with Crippen molar-refractivity contribution in [1.29, 1.82) is 0 Å². The number of halogens is 2. The molecule has 2 aromatic carbocycles. The van der Waals surface area contributed by atoms with Crippen LogP contribution >= 0.6 is 15.9 Å². The number of nitrogens with zero attached hydrogens (tertiary/aromatic N) is 1. The molecule has 2 aromatic rings. The molecular formula is C17H14BrFN2O2. The van der Waals surface area contributed by atoms with E-state index in [0.29, 0.717) is 0 Å². The fraction of sp³-hybridized carbons (Fsp3) is 0.176. The SMILES string of the molecule is O=C(Nc1ccccc1F)C1CC(=O)N(c2cccc(Br)c2)C1. The van der Waals surface area contributed by atoms with Crippen molar-refractivity contribution in [2.24, 2.45) is 5.92 Å².